The maximum atomic E-state index is 11.6. The van der Waals surface area contributed by atoms with Gasteiger partial charge in [0.1, 0.15) is 11.4 Å². The van der Waals surface area contributed by atoms with Gasteiger partial charge in [0, 0.05) is 55.4 Å². The van der Waals surface area contributed by atoms with Gasteiger partial charge in [-0.25, -0.2) is 0 Å². The highest BCUT2D eigenvalue weighted by Crippen LogP contribution is 2.50. The van der Waals surface area contributed by atoms with E-state index in [1.165, 1.54) is 22.2 Å². The molecule has 0 spiro atoms. The Kier molecular flexibility index (Phi) is 5.06. The van der Waals surface area contributed by atoms with Crippen LogP contribution in [0.3, 0.4) is 0 Å². The summed E-state index contributed by atoms with van der Waals surface area (Å²) in [6.45, 7) is 9.81. The predicted octanol–water partition coefficient (Wildman–Crippen LogP) is 4.32. The number of likely N-dealkylation sites (tertiary alicyclic amines) is 1. The van der Waals surface area contributed by atoms with Gasteiger partial charge in [0.05, 0.1) is 12.3 Å². The third-order valence-corrected chi connectivity index (χ3v) is 7.67. The molecule has 3 atom stereocenters. The Bertz CT molecular complexity index is 1100. The van der Waals surface area contributed by atoms with Gasteiger partial charge >= 0.3 is 0 Å². The molecule has 1 saturated heterocycles. The first-order valence-electron chi connectivity index (χ1n) is 11.5. The Hall–Kier alpha value is -2.37. The lowest BCUT2D eigenvalue weighted by Crippen LogP contribution is -2.35. The molecule has 2 aliphatic rings. The summed E-state index contributed by atoms with van der Waals surface area (Å²) in [5, 5.41) is 12.9. The monoisotopic (exact) mass is 419 g/mol. The SMILES string of the molecule is CCOc1ccc2c(c1)c(CN1CC3CCC(O)(c4ccc(C)cn4)C3C1)c(C)n2C. The van der Waals surface area contributed by atoms with Crippen molar-refractivity contribution in [2.24, 2.45) is 18.9 Å². The molecule has 0 radical (unpaired) electrons. The second-order valence-corrected chi connectivity index (χ2v) is 9.48. The molecule has 1 aromatic carbocycles. The largest absolute Gasteiger partial charge is 0.494 e. The standard InChI is InChI=1S/C26H33N3O2/c1-5-31-20-7-8-24-21(12-20)22(18(3)28(24)4)15-29-14-19-10-11-26(30,23(19)16-29)25-9-6-17(2)13-27-25/h6-9,12-13,19,23,30H,5,10-11,14-16H2,1-4H3. The quantitative estimate of drug-likeness (QED) is 0.669. The molecule has 5 heteroatoms. The summed E-state index contributed by atoms with van der Waals surface area (Å²) >= 11 is 0. The topological polar surface area (TPSA) is 50.5 Å². The summed E-state index contributed by atoms with van der Waals surface area (Å²) in [5.74, 6) is 1.71. The number of pyridine rings is 1. The van der Waals surface area contributed by atoms with E-state index in [1.807, 2.05) is 26.1 Å². The van der Waals surface area contributed by atoms with E-state index in [0.29, 0.717) is 12.5 Å². The van der Waals surface area contributed by atoms with Gasteiger partial charge in [-0.1, -0.05) is 6.07 Å². The number of fused-ring (bicyclic) bond motifs is 2. The molecule has 31 heavy (non-hydrogen) atoms. The summed E-state index contributed by atoms with van der Waals surface area (Å²) < 4.78 is 8.05. The van der Waals surface area contributed by atoms with Crippen LogP contribution in [0, 0.1) is 25.7 Å². The molecule has 1 aliphatic carbocycles. The minimum Gasteiger partial charge on any atom is -0.494 e. The molecule has 1 aliphatic heterocycles. The molecule has 5 nitrogen and oxygen atoms in total. The van der Waals surface area contributed by atoms with Crippen LogP contribution < -0.4 is 4.74 Å². The number of aliphatic hydroxyl groups is 1. The fourth-order valence-electron chi connectivity index (χ4n) is 5.86. The highest BCUT2D eigenvalue weighted by Gasteiger charge is 2.53. The van der Waals surface area contributed by atoms with Gasteiger partial charge in [0.15, 0.2) is 0 Å². The number of aromatic nitrogens is 2. The van der Waals surface area contributed by atoms with Crippen molar-refractivity contribution in [2.45, 2.75) is 45.8 Å². The molecule has 0 bridgehead atoms. The fraction of sp³-hybridized carbons (Fsp3) is 0.500. The van der Waals surface area contributed by atoms with Gasteiger partial charge in [0.2, 0.25) is 0 Å². The van der Waals surface area contributed by atoms with E-state index < -0.39 is 5.60 Å². The van der Waals surface area contributed by atoms with Crippen LogP contribution in [0.15, 0.2) is 36.5 Å². The average molecular weight is 420 g/mol. The van der Waals surface area contributed by atoms with E-state index in [9.17, 15) is 5.11 Å². The average Bonchev–Trinajstić information content (AvgIpc) is 3.38. The zero-order valence-corrected chi connectivity index (χ0v) is 19.1. The lowest BCUT2D eigenvalue weighted by molar-refractivity contribution is -0.0108. The Labute approximate surface area is 184 Å². The molecule has 2 aromatic heterocycles. The third-order valence-electron chi connectivity index (χ3n) is 7.67. The van der Waals surface area contributed by atoms with Gasteiger partial charge in [-0.2, -0.15) is 0 Å². The minimum atomic E-state index is -0.803. The maximum Gasteiger partial charge on any atom is 0.120 e. The van der Waals surface area contributed by atoms with Gasteiger partial charge < -0.3 is 14.4 Å². The van der Waals surface area contributed by atoms with E-state index in [2.05, 4.69) is 52.7 Å². The number of hydrogen-bond acceptors (Lipinski definition) is 4. The van der Waals surface area contributed by atoms with Crippen LogP contribution >= 0.6 is 0 Å². The van der Waals surface area contributed by atoms with Crippen molar-refractivity contribution in [3.05, 3.63) is 59.0 Å². The summed E-state index contributed by atoms with van der Waals surface area (Å²) in [6.07, 6.45) is 3.76. The van der Waals surface area contributed by atoms with Crippen molar-refractivity contribution in [3.8, 4) is 5.75 Å². The molecule has 1 N–H and O–H groups in total. The van der Waals surface area contributed by atoms with Gasteiger partial charge in [-0.3, -0.25) is 9.88 Å². The summed E-state index contributed by atoms with van der Waals surface area (Å²) in [7, 11) is 2.14. The van der Waals surface area contributed by atoms with Crippen LogP contribution in [-0.4, -0.2) is 39.3 Å². The van der Waals surface area contributed by atoms with E-state index in [0.717, 1.165) is 49.5 Å². The van der Waals surface area contributed by atoms with Crippen molar-refractivity contribution in [1.29, 1.82) is 0 Å². The lowest BCUT2D eigenvalue weighted by Gasteiger charge is -2.30. The molecule has 3 aromatic rings. The zero-order chi connectivity index (χ0) is 21.8. The van der Waals surface area contributed by atoms with E-state index in [4.69, 9.17) is 4.74 Å². The van der Waals surface area contributed by atoms with Crippen LogP contribution in [0.5, 0.6) is 5.75 Å². The smallest absolute Gasteiger partial charge is 0.120 e. The fourth-order valence-corrected chi connectivity index (χ4v) is 5.86. The third kappa shape index (κ3) is 3.35. The number of aryl methyl sites for hydroxylation is 2. The Balaban J connectivity index is 1.41. The van der Waals surface area contributed by atoms with Crippen LogP contribution in [0.25, 0.3) is 10.9 Å². The van der Waals surface area contributed by atoms with Crippen LogP contribution in [0.4, 0.5) is 0 Å². The molecule has 164 valence electrons. The molecular weight excluding hydrogens is 386 g/mol. The van der Waals surface area contributed by atoms with Gasteiger partial charge in [-0.05, 0) is 74.9 Å². The highest BCUT2D eigenvalue weighted by molar-refractivity contribution is 5.86. The summed E-state index contributed by atoms with van der Waals surface area (Å²) in [4.78, 5) is 7.13. The number of hydrogen-bond donors (Lipinski definition) is 1. The Morgan fingerprint density at radius 3 is 2.77 bits per heavy atom. The van der Waals surface area contributed by atoms with Crippen molar-refractivity contribution in [1.82, 2.24) is 14.5 Å². The first-order chi connectivity index (χ1) is 14.9. The molecule has 5 rings (SSSR count). The number of nitrogens with zero attached hydrogens (tertiary/aromatic N) is 3. The molecule has 1 saturated carbocycles. The van der Waals surface area contributed by atoms with Crippen molar-refractivity contribution < 1.29 is 9.84 Å². The molecule has 0 amide bonds. The molecule has 3 heterocycles. The predicted molar refractivity (Wildman–Crippen MR) is 123 cm³/mol. The van der Waals surface area contributed by atoms with Crippen LogP contribution in [-0.2, 0) is 19.2 Å². The van der Waals surface area contributed by atoms with E-state index in [-0.39, 0.29) is 5.92 Å². The Morgan fingerprint density at radius 2 is 2.03 bits per heavy atom. The summed E-state index contributed by atoms with van der Waals surface area (Å²) in [6, 6.07) is 10.5. The van der Waals surface area contributed by atoms with Gasteiger partial charge in [0.25, 0.3) is 0 Å². The molecule has 3 unspecified atom stereocenters. The molecule has 2 fully saturated rings. The van der Waals surface area contributed by atoms with Crippen molar-refractivity contribution in [3.63, 3.8) is 0 Å². The molecular formula is C26H33N3O2. The summed E-state index contributed by atoms with van der Waals surface area (Å²) in [5.41, 5.74) is 5.09. The van der Waals surface area contributed by atoms with Crippen LogP contribution in [0.2, 0.25) is 0 Å². The first kappa shape index (κ1) is 20.5. The Morgan fingerprint density at radius 1 is 1.19 bits per heavy atom. The number of ether oxygens (including phenoxy) is 1. The number of benzene rings is 1. The second-order valence-electron chi connectivity index (χ2n) is 9.48. The lowest BCUT2D eigenvalue weighted by atomic mass is 9.85. The second kappa shape index (κ2) is 7.64. The van der Waals surface area contributed by atoms with E-state index >= 15 is 0 Å². The minimum absolute atomic E-state index is 0.247. The number of rotatable bonds is 5. The van der Waals surface area contributed by atoms with Gasteiger partial charge in [-0.15, -0.1) is 0 Å². The normalized spacial score (nSPS) is 26.0. The zero-order valence-electron chi connectivity index (χ0n) is 19.1. The van der Waals surface area contributed by atoms with E-state index in [1.54, 1.807) is 0 Å². The first-order valence-corrected chi connectivity index (χ1v) is 11.5. The maximum absolute atomic E-state index is 11.6. The highest BCUT2D eigenvalue weighted by atomic mass is 16.5. The van der Waals surface area contributed by atoms with Crippen molar-refractivity contribution in [2.75, 3.05) is 19.7 Å². The van der Waals surface area contributed by atoms with Crippen LogP contribution in [0.1, 0.15) is 42.3 Å². The van der Waals surface area contributed by atoms with Crippen molar-refractivity contribution >= 4 is 10.9 Å².